The summed E-state index contributed by atoms with van der Waals surface area (Å²) in [5, 5.41) is 16.0. The standard InChI is InChI=1S/C24H32BrN3O4S/c1-11(2)16(10-29)28-20(22(31)27-15-8-12(3)6-7-13(15)4)24-9-14(25)19(33-24)17(21(30)26-5)18(24)23(28)32/h6-8,11,14,16-20,29H,9-10H2,1-5H3,(H,26,30)(H,27,31)/t14?,16-,17+,18-,19+,20?,24?/m0/s1. The normalized spacial score (nSPS) is 33.4. The van der Waals surface area contributed by atoms with E-state index in [0.29, 0.717) is 12.1 Å². The lowest BCUT2D eigenvalue weighted by molar-refractivity contribution is -0.142. The number of nitrogens with one attached hydrogen (secondary N) is 2. The molecule has 0 aliphatic carbocycles. The van der Waals surface area contributed by atoms with Gasteiger partial charge in [0.15, 0.2) is 0 Å². The molecule has 3 saturated heterocycles. The largest absolute Gasteiger partial charge is 0.394 e. The second-order valence-corrected chi connectivity index (χ2v) is 12.5. The topological polar surface area (TPSA) is 98.7 Å². The van der Waals surface area contributed by atoms with Crippen LogP contribution in [0.4, 0.5) is 5.69 Å². The minimum atomic E-state index is -0.779. The van der Waals surface area contributed by atoms with Crippen molar-refractivity contribution in [3.63, 3.8) is 0 Å². The molecule has 33 heavy (non-hydrogen) atoms. The number of aryl methyl sites for hydroxylation is 2. The highest BCUT2D eigenvalue weighted by molar-refractivity contribution is 9.09. The molecule has 3 fully saturated rings. The summed E-state index contributed by atoms with van der Waals surface area (Å²) in [6, 6.07) is 4.59. The van der Waals surface area contributed by atoms with Gasteiger partial charge in [-0.3, -0.25) is 14.4 Å². The lowest BCUT2D eigenvalue weighted by atomic mass is 9.70. The van der Waals surface area contributed by atoms with Crippen molar-refractivity contribution in [1.82, 2.24) is 10.2 Å². The number of anilines is 1. The lowest BCUT2D eigenvalue weighted by Gasteiger charge is -2.38. The molecular formula is C24H32BrN3O4S. The fourth-order valence-corrected chi connectivity index (χ4v) is 9.48. The third-order valence-electron chi connectivity index (χ3n) is 7.49. The molecule has 9 heteroatoms. The number of alkyl halides is 1. The molecule has 3 unspecified atom stereocenters. The van der Waals surface area contributed by atoms with Crippen molar-refractivity contribution in [2.24, 2.45) is 17.8 Å². The molecule has 0 radical (unpaired) electrons. The summed E-state index contributed by atoms with van der Waals surface area (Å²) in [7, 11) is 1.58. The number of fused-ring (bicyclic) bond motifs is 1. The molecule has 0 aromatic heterocycles. The van der Waals surface area contributed by atoms with E-state index in [-0.39, 0.29) is 40.3 Å². The van der Waals surface area contributed by atoms with Crippen LogP contribution in [-0.4, -0.2) is 68.3 Å². The Hall–Kier alpha value is -1.58. The Morgan fingerprint density at radius 3 is 2.61 bits per heavy atom. The predicted octanol–water partition coefficient (Wildman–Crippen LogP) is 2.47. The number of hydrogen-bond acceptors (Lipinski definition) is 5. The van der Waals surface area contributed by atoms with Crippen LogP contribution in [0.2, 0.25) is 0 Å². The van der Waals surface area contributed by atoms with Gasteiger partial charge in [-0.15, -0.1) is 11.8 Å². The van der Waals surface area contributed by atoms with Crippen LogP contribution < -0.4 is 10.6 Å². The highest BCUT2D eigenvalue weighted by atomic mass is 79.9. The number of benzene rings is 1. The Morgan fingerprint density at radius 2 is 2.00 bits per heavy atom. The number of rotatable bonds is 6. The highest BCUT2D eigenvalue weighted by Crippen LogP contribution is 2.68. The van der Waals surface area contributed by atoms with Crippen LogP contribution in [0, 0.1) is 31.6 Å². The summed E-state index contributed by atoms with van der Waals surface area (Å²) in [5.74, 6) is -1.79. The average molecular weight is 539 g/mol. The van der Waals surface area contributed by atoms with Gasteiger partial charge >= 0.3 is 0 Å². The van der Waals surface area contributed by atoms with Crippen molar-refractivity contribution in [3.05, 3.63) is 29.3 Å². The number of halogens is 1. The smallest absolute Gasteiger partial charge is 0.248 e. The third-order valence-corrected chi connectivity index (χ3v) is 10.7. The fourth-order valence-electron chi connectivity index (χ4n) is 5.88. The van der Waals surface area contributed by atoms with Crippen molar-refractivity contribution in [2.45, 2.75) is 61.0 Å². The summed E-state index contributed by atoms with van der Waals surface area (Å²) >= 11 is 5.34. The van der Waals surface area contributed by atoms with Crippen LogP contribution in [0.25, 0.3) is 0 Å². The molecular weight excluding hydrogens is 506 g/mol. The van der Waals surface area contributed by atoms with Gasteiger partial charge in [-0.25, -0.2) is 0 Å². The summed E-state index contributed by atoms with van der Waals surface area (Å²) < 4.78 is -0.725. The SMILES string of the molecule is CNC(=O)[C@H]1[C@@H]2SC3(CC2Br)C(C(=O)Nc2cc(C)ccc2C)N([C@@H](CO)C(C)C)C(=O)[C@H]13. The van der Waals surface area contributed by atoms with E-state index in [1.807, 2.05) is 45.9 Å². The van der Waals surface area contributed by atoms with Gasteiger partial charge < -0.3 is 20.6 Å². The van der Waals surface area contributed by atoms with Crippen molar-refractivity contribution in [1.29, 1.82) is 0 Å². The number of aliphatic hydroxyl groups is 1. The minimum absolute atomic E-state index is 0.0245. The Kier molecular flexibility index (Phi) is 6.61. The minimum Gasteiger partial charge on any atom is -0.394 e. The zero-order valence-electron chi connectivity index (χ0n) is 19.6. The number of thioether (sulfide) groups is 1. The van der Waals surface area contributed by atoms with Gasteiger partial charge in [0, 0.05) is 22.8 Å². The first-order valence-electron chi connectivity index (χ1n) is 11.4. The van der Waals surface area contributed by atoms with Crippen LogP contribution >= 0.6 is 27.7 Å². The number of hydrogen-bond donors (Lipinski definition) is 3. The van der Waals surface area contributed by atoms with Gasteiger partial charge in [-0.1, -0.05) is 41.9 Å². The van der Waals surface area contributed by atoms with Crippen LogP contribution in [0.15, 0.2) is 18.2 Å². The maximum atomic E-state index is 13.9. The van der Waals surface area contributed by atoms with Gasteiger partial charge in [0.25, 0.3) is 0 Å². The Labute approximate surface area is 207 Å². The number of aliphatic hydroxyl groups excluding tert-OH is 1. The lowest BCUT2D eigenvalue weighted by Crippen LogP contribution is -2.56. The van der Waals surface area contributed by atoms with Crippen molar-refractivity contribution in [3.8, 4) is 0 Å². The van der Waals surface area contributed by atoms with Gasteiger partial charge in [0.2, 0.25) is 17.7 Å². The fraction of sp³-hybridized carbons (Fsp3) is 0.625. The first-order valence-corrected chi connectivity index (χ1v) is 13.2. The monoisotopic (exact) mass is 537 g/mol. The molecule has 7 nitrogen and oxygen atoms in total. The zero-order valence-corrected chi connectivity index (χ0v) is 22.0. The Balaban J connectivity index is 1.81. The highest BCUT2D eigenvalue weighted by Gasteiger charge is 2.76. The van der Waals surface area contributed by atoms with E-state index in [0.717, 1.165) is 11.1 Å². The van der Waals surface area contributed by atoms with E-state index in [4.69, 9.17) is 0 Å². The number of likely N-dealkylation sites (tertiary alicyclic amines) is 1. The van der Waals surface area contributed by atoms with E-state index in [1.165, 1.54) is 0 Å². The van der Waals surface area contributed by atoms with Crippen molar-refractivity contribution >= 4 is 51.1 Å². The Bertz CT molecular complexity index is 988. The van der Waals surface area contributed by atoms with Crippen LogP contribution in [0.5, 0.6) is 0 Å². The number of nitrogens with zero attached hydrogens (tertiary/aromatic N) is 1. The molecule has 180 valence electrons. The molecule has 1 aromatic rings. The second kappa shape index (κ2) is 8.89. The second-order valence-electron chi connectivity index (χ2n) is 9.82. The molecule has 3 N–H and O–H groups in total. The molecule has 0 saturated carbocycles. The molecule has 7 atom stereocenters. The molecule has 3 amide bonds. The summed E-state index contributed by atoms with van der Waals surface area (Å²) in [4.78, 5) is 42.4. The molecule has 4 rings (SSSR count). The molecule has 3 heterocycles. The zero-order chi connectivity index (χ0) is 24.2. The van der Waals surface area contributed by atoms with Crippen molar-refractivity contribution < 1.29 is 19.5 Å². The summed E-state index contributed by atoms with van der Waals surface area (Å²) in [6.45, 7) is 7.54. The molecule has 2 bridgehead atoms. The first-order chi connectivity index (χ1) is 15.6. The van der Waals surface area contributed by atoms with E-state index in [9.17, 15) is 19.5 Å². The predicted molar refractivity (Wildman–Crippen MR) is 133 cm³/mol. The van der Waals surface area contributed by atoms with Gasteiger partial charge in [-0.2, -0.15) is 0 Å². The van der Waals surface area contributed by atoms with Crippen LogP contribution in [-0.2, 0) is 14.4 Å². The summed E-state index contributed by atoms with van der Waals surface area (Å²) in [5.41, 5.74) is 2.68. The van der Waals surface area contributed by atoms with E-state index in [2.05, 4.69) is 26.6 Å². The maximum absolute atomic E-state index is 13.9. The van der Waals surface area contributed by atoms with Gasteiger partial charge in [0.05, 0.1) is 29.2 Å². The molecule has 1 spiro atoms. The molecule has 1 aromatic carbocycles. The number of carbonyl (C=O) groups excluding carboxylic acids is 3. The summed E-state index contributed by atoms with van der Waals surface area (Å²) in [6.07, 6.45) is 0.615. The Morgan fingerprint density at radius 1 is 1.30 bits per heavy atom. The van der Waals surface area contributed by atoms with Crippen molar-refractivity contribution in [2.75, 3.05) is 19.0 Å². The van der Waals surface area contributed by atoms with E-state index >= 15 is 0 Å². The quantitative estimate of drug-likeness (QED) is 0.484. The number of carbonyl (C=O) groups is 3. The van der Waals surface area contributed by atoms with Gasteiger partial charge in [0.1, 0.15) is 6.04 Å². The molecule has 3 aliphatic heterocycles. The van der Waals surface area contributed by atoms with Gasteiger partial charge in [-0.05, 0) is 43.4 Å². The van der Waals surface area contributed by atoms with E-state index in [1.54, 1.807) is 23.7 Å². The number of amides is 3. The first kappa shape index (κ1) is 24.5. The van der Waals surface area contributed by atoms with Crippen LogP contribution in [0.1, 0.15) is 31.4 Å². The maximum Gasteiger partial charge on any atom is 0.248 e. The molecule has 3 aliphatic rings. The average Bonchev–Trinajstić information content (AvgIpc) is 3.34. The van der Waals surface area contributed by atoms with E-state index < -0.39 is 28.7 Å². The third kappa shape index (κ3) is 3.71. The van der Waals surface area contributed by atoms with Crippen LogP contribution in [0.3, 0.4) is 0 Å².